The number of aryl methyl sites for hydroxylation is 10. The number of rotatable bonds is 20. The quantitative estimate of drug-likeness (QED) is 0.0496. The number of thioether (sulfide) groups is 2. The third-order valence-corrected chi connectivity index (χ3v) is 14.3. The van der Waals surface area contributed by atoms with Gasteiger partial charge in [0.1, 0.15) is 122 Å². The molecule has 440 valence electrons. The molecule has 0 unspecified atom stereocenters. The highest BCUT2D eigenvalue weighted by atomic mass is 32.2. The highest BCUT2D eigenvalue weighted by Crippen LogP contribution is 2.00. The van der Waals surface area contributed by atoms with Gasteiger partial charge < -0.3 is 0 Å². The Kier molecular flexibility index (Phi) is 33.3. The Hall–Kier alpha value is -7.20. The molecule has 0 spiro atoms. The van der Waals surface area contributed by atoms with E-state index in [2.05, 4.69) is 173 Å². The van der Waals surface area contributed by atoms with Gasteiger partial charge >= 0.3 is 0 Å². The zero-order chi connectivity index (χ0) is 53.4. The van der Waals surface area contributed by atoms with Crippen molar-refractivity contribution < 1.29 is 45.7 Å². The molecule has 0 saturated carbocycles. The van der Waals surface area contributed by atoms with E-state index in [9.17, 15) is 0 Å². The topological polar surface area (TPSA) is 197 Å². The molecule has 0 radical (unpaired) electrons. The molecule has 0 amide bonds. The molecule has 0 aliphatic heterocycles. The van der Waals surface area contributed by atoms with E-state index in [-0.39, 0.29) is 37.1 Å². The minimum absolute atomic E-state index is 0. The van der Waals surface area contributed by atoms with Crippen molar-refractivity contribution >= 4 is 23.5 Å². The molecule has 0 aliphatic carbocycles. The Morgan fingerprint density at radius 2 is 0.575 bits per heavy atom. The van der Waals surface area contributed by atoms with Gasteiger partial charge in [-0.3, -0.25) is 0 Å². The van der Waals surface area contributed by atoms with Crippen LogP contribution < -0.4 is 45.7 Å². The maximum atomic E-state index is 3.34. The molecular formula is C58H106N20S2+10. The van der Waals surface area contributed by atoms with Gasteiger partial charge in [0.2, 0.25) is 45.3 Å². The molecule has 0 atom stereocenters. The Balaban J connectivity index is 0.000000495. The number of hydrogen-bond donors (Lipinski definition) is 10. The molecule has 10 aromatic rings. The number of nitrogens with zero attached hydrogens (tertiary/aromatic N) is 10. The molecule has 22 heteroatoms. The average molecular weight is 1150 g/mol. The fourth-order valence-electron chi connectivity index (χ4n) is 8.45. The van der Waals surface area contributed by atoms with Gasteiger partial charge in [0, 0.05) is 37.2 Å². The maximum absolute atomic E-state index is 3.34. The maximum Gasteiger partial charge on any atom is 0.266 e. The van der Waals surface area contributed by atoms with Crippen LogP contribution in [0.1, 0.15) is 123 Å². The second-order valence-electron chi connectivity index (χ2n) is 18.1. The molecule has 10 heterocycles. The average Bonchev–Trinajstić information content (AvgIpc) is 4.25. The number of aromatic amines is 10. The molecule has 10 rings (SSSR count). The van der Waals surface area contributed by atoms with Crippen LogP contribution in [0, 0.1) is 0 Å². The van der Waals surface area contributed by atoms with Gasteiger partial charge in [-0.2, -0.15) is 50.9 Å². The monoisotopic (exact) mass is 1150 g/mol. The van der Waals surface area contributed by atoms with E-state index in [4.69, 9.17) is 0 Å². The van der Waals surface area contributed by atoms with Crippen molar-refractivity contribution in [2.75, 3.05) is 24.0 Å². The SMILES string of the molecule is C.C.C.C.C.CCc1c[nH]c[n+]1C[n+]1c[nH]cc1CC.CCc1c[nH]c[n+]1C[n+]1c[nH]cc1CC.CSCCc1[nH]cc[n+]1C[n+]1cc[nH]c1CCSC.C[n+]1cc[nH]c1Cc1[nH]cc[n+]1C.C[n+]1cc[nH]c1Cc1[nH]cc[n+]1C. The summed E-state index contributed by atoms with van der Waals surface area (Å²) in [7, 11) is 8.15. The van der Waals surface area contributed by atoms with E-state index in [0.29, 0.717) is 0 Å². The smallest absolute Gasteiger partial charge is 0.250 e. The van der Waals surface area contributed by atoms with Crippen molar-refractivity contribution in [1.82, 2.24) is 49.8 Å². The first kappa shape index (κ1) is 70.8. The lowest BCUT2D eigenvalue weighted by Gasteiger charge is -2.01. The Labute approximate surface area is 487 Å². The highest BCUT2D eigenvalue weighted by molar-refractivity contribution is 7.98. The van der Waals surface area contributed by atoms with Crippen LogP contribution in [-0.2, 0) is 99.6 Å². The van der Waals surface area contributed by atoms with Gasteiger partial charge in [-0.15, -0.1) is 0 Å². The van der Waals surface area contributed by atoms with Gasteiger partial charge in [0.05, 0.1) is 41.0 Å². The first-order chi connectivity index (χ1) is 36.6. The number of imidazole rings is 10. The van der Waals surface area contributed by atoms with Crippen molar-refractivity contribution in [3.8, 4) is 0 Å². The molecule has 0 aromatic carbocycles. The molecule has 80 heavy (non-hydrogen) atoms. The molecule has 10 N–H and O–H groups in total. The molecule has 0 aliphatic rings. The van der Waals surface area contributed by atoms with E-state index < -0.39 is 0 Å². The van der Waals surface area contributed by atoms with Gasteiger partial charge in [-0.1, -0.05) is 64.8 Å². The summed E-state index contributed by atoms with van der Waals surface area (Å²) in [6, 6.07) is 0. The zero-order valence-electron chi connectivity index (χ0n) is 46.0. The molecule has 10 aromatic heterocycles. The van der Waals surface area contributed by atoms with Gasteiger partial charge in [-0.25, -0.2) is 68.1 Å². The normalized spacial score (nSPS) is 10.1. The van der Waals surface area contributed by atoms with E-state index in [1.807, 2.05) is 139 Å². The predicted octanol–water partition coefficient (Wildman–Crippen LogP) is 4.68. The van der Waals surface area contributed by atoms with E-state index >= 15 is 0 Å². The van der Waals surface area contributed by atoms with Crippen molar-refractivity contribution in [2.24, 2.45) is 28.2 Å². The summed E-state index contributed by atoms with van der Waals surface area (Å²) in [5.74, 6) is 9.65. The Morgan fingerprint density at radius 1 is 0.338 bits per heavy atom. The minimum Gasteiger partial charge on any atom is -0.250 e. The van der Waals surface area contributed by atoms with E-state index in [1.54, 1.807) is 0 Å². The third-order valence-electron chi connectivity index (χ3n) is 13.1. The molecule has 0 fully saturated rings. The Morgan fingerprint density at radius 3 is 0.800 bits per heavy atom. The van der Waals surface area contributed by atoms with E-state index in [0.717, 1.165) is 82.9 Å². The lowest BCUT2D eigenvalue weighted by molar-refractivity contribution is -0.917. The van der Waals surface area contributed by atoms with Crippen molar-refractivity contribution in [3.63, 3.8) is 0 Å². The summed E-state index contributed by atoms with van der Waals surface area (Å²) >= 11 is 3.76. The van der Waals surface area contributed by atoms with Crippen LogP contribution in [0.2, 0.25) is 0 Å². The van der Waals surface area contributed by atoms with Crippen molar-refractivity contribution in [3.05, 3.63) is 182 Å². The van der Waals surface area contributed by atoms with Gasteiger partial charge in [0.15, 0.2) is 12.8 Å². The first-order valence-electron chi connectivity index (χ1n) is 26.0. The third kappa shape index (κ3) is 20.8. The minimum atomic E-state index is 0. The summed E-state index contributed by atoms with van der Waals surface area (Å²) < 4.78 is 21.8. The number of aromatic nitrogens is 20. The van der Waals surface area contributed by atoms with Crippen LogP contribution in [0.3, 0.4) is 0 Å². The summed E-state index contributed by atoms with van der Waals surface area (Å²) in [5.41, 5.74) is 5.30. The zero-order valence-corrected chi connectivity index (χ0v) is 47.7. The highest BCUT2D eigenvalue weighted by Gasteiger charge is 2.19. The van der Waals surface area contributed by atoms with E-state index in [1.165, 1.54) is 57.7 Å². The first-order valence-corrected chi connectivity index (χ1v) is 28.7. The van der Waals surface area contributed by atoms with Gasteiger partial charge in [0.25, 0.3) is 34.9 Å². The number of nitrogens with one attached hydrogen (secondary N) is 10. The second-order valence-corrected chi connectivity index (χ2v) is 20.1. The van der Waals surface area contributed by atoms with Crippen LogP contribution in [0.4, 0.5) is 0 Å². The number of H-pyrrole nitrogens is 10. The molecular weight excluding hydrogens is 1040 g/mol. The summed E-state index contributed by atoms with van der Waals surface area (Å²) in [6.07, 6.45) is 52.8. The molecule has 0 bridgehead atoms. The van der Waals surface area contributed by atoms with Crippen LogP contribution in [0.25, 0.3) is 0 Å². The predicted molar refractivity (Wildman–Crippen MR) is 321 cm³/mol. The largest absolute Gasteiger partial charge is 0.266 e. The van der Waals surface area contributed by atoms with Gasteiger partial charge in [-0.05, 0) is 12.5 Å². The summed E-state index contributed by atoms with van der Waals surface area (Å²) in [5, 5.41) is 0. The van der Waals surface area contributed by atoms with Crippen molar-refractivity contribution in [1.29, 1.82) is 0 Å². The standard InChI is InChI=1S/C13H20N4S2.2C11H16N4.2C9H12N4.5CH4/c1-18-9-3-12-14-5-7-16(12)11-17-8-6-15-13(17)4-10-19-2;2*1-3-10-5-12-7-14(10)9-15-8-13-6-11(15)4-2;2*1-12-5-3-10-8(12)7-9-11-4-6-13(9)2;;;;;/h5-8H,3-4,9-11H2,1-2H3;2*5-8H,3-4,9H2,1-2H3;2*3-6H,7H2,1-2H3;5*1H4/p+10. The lowest BCUT2D eigenvalue weighted by Crippen LogP contribution is -2.53. The fraction of sp³-hybridized carbons (Fsp3) is 0.483. The van der Waals surface area contributed by atoms with Crippen LogP contribution in [0.5, 0.6) is 0 Å². The fourth-order valence-corrected chi connectivity index (χ4v) is 9.25. The molecule has 0 saturated heterocycles. The van der Waals surface area contributed by atoms with Crippen molar-refractivity contribution in [2.45, 2.75) is 136 Å². The molecule has 20 nitrogen and oxygen atoms in total. The lowest BCUT2D eigenvalue weighted by atomic mass is 10.3. The van der Waals surface area contributed by atoms with Crippen LogP contribution in [0.15, 0.2) is 124 Å². The van der Waals surface area contributed by atoms with Crippen LogP contribution in [-0.4, -0.2) is 73.9 Å². The van der Waals surface area contributed by atoms with Crippen LogP contribution >= 0.6 is 23.5 Å². The second kappa shape index (κ2) is 37.6. The summed E-state index contributed by atoms with van der Waals surface area (Å²) in [4.78, 5) is 32.0. The number of hydrogen-bond acceptors (Lipinski definition) is 2. The summed E-state index contributed by atoms with van der Waals surface area (Å²) in [6.45, 7) is 11.3. The Bertz CT molecular complexity index is 2750.